The third kappa shape index (κ3) is 2.67. The first-order chi connectivity index (χ1) is 9.74. The number of hydrogen-bond donors (Lipinski definition) is 2. The number of aryl methyl sites for hydroxylation is 1. The maximum Gasteiger partial charge on any atom is 0.0984 e. The van der Waals surface area contributed by atoms with Crippen LogP contribution in [0.15, 0.2) is 54.6 Å². The second-order valence-corrected chi connectivity index (χ2v) is 5.33. The maximum atomic E-state index is 10.4. The molecule has 0 fully saturated rings. The fourth-order valence-electron chi connectivity index (χ4n) is 2.56. The molecule has 0 bridgehead atoms. The van der Waals surface area contributed by atoms with Gasteiger partial charge in [0.15, 0.2) is 0 Å². The molecule has 0 unspecified atom stereocenters. The predicted molar refractivity (Wildman–Crippen MR) is 82.2 cm³/mol. The number of nitrogens with one attached hydrogen (secondary N) is 1. The van der Waals surface area contributed by atoms with Gasteiger partial charge in [0.2, 0.25) is 0 Å². The minimum Gasteiger partial charge on any atom is -0.386 e. The van der Waals surface area contributed by atoms with Crippen LogP contribution in [0.2, 0.25) is 0 Å². The van der Waals surface area contributed by atoms with Crippen molar-refractivity contribution in [2.45, 2.75) is 25.6 Å². The summed E-state index contributed by atoms with van der Waals surface area (Å²) in [5, 5.41) is 13.8. The second-order valence-electron chi connectivity index (χ2n) is 5.33. The van der Waals surface area contributed by atoms with E-state index in [2.05, 4.69) is 42.6 Å². The van der Waals surface area contributed by atoms with E-state index >= 15 is 0 Å². The van der Waals surface area contributed by atoms with Crippen molar-refractivity contribution in [2.75, 3.05) is 0 Å². The molecule has 0 heterocycles. The van der Waals surface area contributed by atoms with Crippen molar-refractivity contribution in [3.8, 4) is 0 Å². The van der Waals surface area contributed by atoms with Crippen molar-refractivity contribution < 1.29 is 5.11 Å². The maximum absolute atomic E-state index is 10.4. The Labute approximate surface area is 119 Å². The number of hydrogen-bond acceptors (Lipinski definition) is 2. The number of rotatable bonds is 3. The van der Waals surface area contributed by atoms with Crippen molar-refractivity contribution in [1.29, 1.82) is 0 Å². The smallest absolute Gasteiger partial charge is 0.0984 e. The minimum atomic E-state index is -0.485. The highest BCUT2D eigenvalue weighted by Crippen LogP contribution is 2.27. The Balaban J connectivity index is 1.69. The first-order valence-electron chi connectivity index (χ1n) is 6.98. The summed E-state index contributed by atoms with van der Waals surface area (Å²) in [7, 11) is 0. The molecule has 0 saturated carbocycles. The molecule has 2 nitrogen and oxygen atoms in total. The molecule has 1 aliphatic carbocycles. The van der Waals surface area contributed by atoms with Gasteiger partial charge in [0.25, 0.3) is 0 Å². The average molecular weight is 265 g/mol. The van der Waals surface area contributed by atoms with Crippen LogP contribution in [0, 0.1) is 6.92 Å². The number of aliphatic hydroxyl groups excluding tert-OH is 1. The first-order valence-corrected chi connectivity index (χ1v) is 6.98. The summed E-state index contributed by atoms with van der Waals surface area (Å²) in [4.78, 5) is 0. The zero-order chi connectivity index (χ0) is 13.9. The molecule has 3 rings (SSSR count). The quantitative estimate of drug-likeness (QED) is 0.893. The predicted octanol–water partition coefficient (Wildman–Crippen LogP) is 3.21. The van der Waals surface area contributed by atoms with E-state index in [0.717, 1.165) is 17.7 Å². The van der Waals surface area contributed by atoms with E-state index in [1.54, 1.807) is 0 Å². The zero-order valence-electron chi connectivity index (χ0n) is 11.6. The molecule has 0 spiro atoms. The molecule has 0 saturated heterocycles. The molecule has 2 N–H and O–H groups in total. The van der Waals surface area contributed by atoms with Crippen LogP contribution in [-0.4, -0.2) is 11.1 Å². The number of aliphatic hydroxyl groups is 1. The molecule has 20 heavy (non-hydrogen) atoms. The van der Waals surface area contributed by atoms with Gasteiger partial charge >= 0.3 is 0 Å². The Kier molecular flexibility index (Phi) is 3.68. The van der Waals surface area contributed by atoms with Crippen LogP contribution < -0.4 is 5.32 Å². The Morgan fingerprint density at radius 2 is 1.80 bits per heavy atom. The van der Waals surface area contributed by atoms with E-state index in [9.17, 15) is 5.11 Å². The van der Waals surface area contributed by atoms with Gasteiger partial charge in [-0.1, -0.05) is 66.2 Å². The van der Waals surface area contributed by atoms with Crippen LogP contribution in [0.4, 0.5) is 0 Å². The van der Waals surface area contributed by atoms with Crippen LogP contribution in [0.3, 0.4) is 0 Å². The molecular weight excluding hydrogens is 246 g/mol. The molecular formula is C18H19NO. The van der Waals surface area contributed by atoms with E-state index in [1.807, 2.05) is 30.3 Å². The van der Waals surface area contributed by atoms with Crippen molar-refractivity contribution >= 4 is 6.08 Å². The molecule has 0 amide bonds. The second kappa shape index (κ2) is 5.61. The van der Waals surface area contributed by atoms with E-state index < -0.39 is 6.10 Å². The number of fused-ring (bicyclic) bond motifs is 1. The van der Waals surface area contributed by atoms with Gasteiger partial charge < -0.3 is 10.4 Å². The van der Waals surface area contributed by atoms with Crippen LogP contribution in [0.1, 0.15) is 28.4 Å². The minimum absolute atomic E-state index is 0.0359. The highest BCUT2D eigenvalue weighted by atomic mass is 16.3. The van der Waals surface area contributed by atoms with Gasteiger partial charge in [-0.2, -0.15) is 0 Å². The lowest BCUT2D eigenvalue weighted by Crippen LogP contribution is -2.34. The summed E-state index contributed by atoms with van der Waals surface area (Å²) < 4.78 is 0. The summed E-state index contributed by atoms with van der Waals surface area (Å²) in [6.07, 6.45) is 3.64. The van der Waals surface area contributed by atoms with Gasteiger partial charge in [-0.15, -0.1) is 0 Å². The average Bonchev–Trinajstić information content (AvgIpc) is 2.49. The fraction of sp³-hybridized carbons (Fsp3) is 0.222. The summed E-state index contributed by atoms with van der Waals surface area (Å²) in [5.74, 6) is 0. The lowest BCUT2D eigenvalue weighted by atomic mass is 9.91. The van der Waals surface area contributed by atoms with Crippen LogP contribution in [0.5, 0.6) is 0 Å². The molecule has 2 aromatic carbocycles. The zero-order valence-corrected chi connectivity index (χ0v) is 11.6. The third-order valence-electron chi connectivity index (χ3n) is 3.80. The monoisotopic (exact) mass is 265 g/mol. The third-order valence-corrected chi connectivity index (χ3v) is 3.80. The molecule has 2 heteroatoms. The largest absolute Gasteiger partial charge is 0.386 e. The van der Waals surface area contributed by atoms with E-state index in [0.29, 0.717) is 0 Å². The van der Waals surface area contributed by atoms with E-state index in [4.69, 9.17) is 0 Å². The molecule has 2 aromatic rings. The number of benzene rings is 2. The van der Waals surface area contributed by atoms with Crippen molar-refractivity contribution in [1.82, 2.24) is 5.32 Å². The Morgan fingerprint density at radius 3 is 2.60 bits per heavy atom. The highest BCUT2D eigenvalue weighted by Gasteiger charge is 2.23. The van der Waals surface area contributed by atoms with E-state index in [-0.39, 0.29) is 6.04 Å². The van der Waals surface area contributed by atoms with Gasteiger partial charge in [0, 0.05) is 6.54 Å². The standard InChI is InChI=1S/C18H19NO/c1-13-6-8-14(9-7-13)12-19-17-11-10-15-4-2-3-5-16(15)18(17)20/h2-11,17-20H,12H2,1H3/t17-,18-/m1/s1. The van der Waals surface area contributed by atoms with Crippen molar-refractivity contribution in [3.63, 3.8) is 0 Å². The van der Waals surface area contributed by atoms with Gasteiger partial charge in [-0.3, -0.25) is 0 Å². The van der Waals surface area contributed by atoms with Crippen molar-refractivity contribution in [3.05, 3.63) is 76.9 Å². The molecule has 0 aliphatic heterocycles. The Morgan fingerprint density at radius 1 is 1.05 bits per heavy atom. The topological polar surface area (TPSA) is 32.3 Å². The molecule has 102 valence electrons. The molecule has 0 radical (unpaired) electrons. The SMILES string of the molecule is Cc1ccc(CN[C@@H]2C=Cc3ccccc3[C@H]2O)cc1. The van der Waals surface area contributed by atoms with Crippen LogP contribution in [0.25, 0.3) is 6.08 Å². The molecule has 2 atom stereocenters. The lowest BCUT2D eigenvalue weighted by Gasteiger charge is -2.26. The summed E-state index contributed by atoms with van der Waals surface area (Å²) >= 11 is 0. The van der Waals surface area contributed by atoms with Gasteiger partial charge in [-0.05, 0) is 23.6 Å². The highest BCUT2D eigenvalue weighted by molar-refractivity contribution is 5.58. The van der Waals surface area contributed by atoms with Gasteiger partial charge in [0.05, 0.1) is 12.1 Å². The molecule has 0 aromatic heterocycles. The van der Waals surface area contributed by atoms with Gasteiger partial charge in [-0.25, -0.2) is 0 Å². The van der Waals surface area contributed by atoms with Crippen LogP contribution in [-0.2, 0) is 6.54 Å². The van der Waals surface area contributed by atoms with Crippen LogP contribution >= 0.6 is 0 Å². The summed E-state index contributed by atoms with van der Waals surface area (Å²) in [5.41, 5.74) is 4.60. The normalized spacial score (nSPS) is 20.7. The van der Waals surface area contributed by atoms with E-state index in [1.165, 1.54) is 11.1 Å². The van der Waals surface area contributed by atoms with Crippen molar-refractivity contribution in [2.24, 2.45) is 0 Å². The lowest BCUT2D eigenvalue weighted by molar-refractivity contribution is 0.145. The Bertz CT molecular complexity index is 616. The summed E-state index contributed by atoms with van der Waals surface area (Å²) in [6, 6.07) is 16.4. The molecule has 1 aliphatic rings. The Hall–Kier alpha value is -1.90. The fourth-order valence-corrected chi connectivity index (χ4v) is 2.56. The first kappa shape index (κ1) is 13.1. The van der Waals surface area contributed by atoms with Gasteiger partial charge in [0.1, 0.15) is 0 Å². The summed E-state index contributed by atoms with van der Waals surface area (Å²) in [6.45, 7) is 2.84.